The van der Waals surface area contributed by atoms with Gasteiger partial charge in [0.2, 0.25) is 0 Å². The van der Waals surface area contributed by atoms with Crippen molar-refractivity contribution >= 4 is 11.9 Å². The lowest BCUT2D eigenvalue weighted by atomic mass is 10.1. The molecule has 1 aromatic heterocycles. The Bertz CT molecular complexity index is 856. The minimum atomic E-state index is -4.90. The van der Waals surface area contributed by atoms with E-state index in [0.717, 1.165) is 19.4 Å². The largest absolute Gasteiger partial charge is 0.478 e. The lowest BCUT2D eigenvalue weighted by molar-refractivity contribution is -0.143. The first-order chi connectivity index (χ1) is 13.3. The maximum atomic E-state index is 13.3. The predicted octanol–water partition coefficient (Wildman–Crippen LogP) is 2.89. The highest BCUT2D eigenvalue weighted by atomic mass is 19.4. The van der Waals surface area contributed by atoms with E-state index >= 15 is 0 Å². The third-order valence-corrected chi connectivity index (χ3v) is 4.42. The van der Waals surface area contributed by atoms with E-state index in [9.17, 15) is 22.8 Å². The second kappa shape index (κ2) is 8.01. The molecule has 2 aromatic rings. The fourth-order valence-corrected chi connectivity index (χ4v) is 3.05. The third kappa shape index (κ3) is 4.33. The molecule has 1 aliphatic heterocycles. The summed E-state index contributed by atoms with van der Waals surface area (Å²) in [6.45, 7) is 1.17. The normalized spacial score (nSPS) is 16.9. The Morgan fingerprint density at radius 1 is 1.29 bits per heavy atom. The molecule has 1 unspecified atom stereocenters. The highest BCUT2D eigenvalue weighted by Crippen LogP contribution is 2.33. The third-order valence-electron chi connectivity index (χ3n) is 4.42. The Morgan fingerprint density at radius 2 is 2.00 bits per heavy atom. The monoisotopic (exact) mass is 397 g/mol. The molecule has 1 aromatic carbocycles. The lowest BCUT2D eigenvalue weighted by Crippen LogP contribution is -2.27. The van der Waals surface area contributed by atoms with Crippen molar-refractivity contribution in [2.45, 2.75) is 31.5 Å². The zero-order valence-corrected chi connectivity index (χ0v) is 14.7. The number of amides is 1. The van der Waals surface area contributed by atoms with Crippen molar-refractivity contribution in [1.82, 2.24) is 15.1 Å². The summed E-state index contributed by atoms with van der Waals surface area (Å²) in [5.74, 6) is -2.08. The summed E-state index contributed by atoms with van der Waals surface area (Å²) in [7, 11) is 0. The average Bonchev–Trinajstić information content (AvgIpc) is 3.31. The molecular weight excluding hydrogens is 379 g/mol. The number of carbonyl (C=O) groups is 2. The number of benzene rings is 1. The van der Waals surface area contributed by atoms with Gasteiger partial charge in [0.05, 0.1) is 18.0 Å². The number of halogens is 3. The number of carbonyl (C=O) groups excluding carboxylic acids is 1. The summed E-state index contributed by atoms with van der Waals surface area (Å²) in [5.41, 5.74) is -2.05. The number of hydrogen-bond donors (Lipinski definition) is 2. The van der Waals surface area contributed by atoms with E-state index in [0.29, 0.717) is 23.8 Å². The molecule has 0 radical (unpaired) electrons. The second-order valence-electron chi connectivity index (χ2n) is 6.35. The number of carboxylic acid groups (broad SMARTS) is 1. The van der Waals surface area contributed by atoms with E-state index in [-0.39, 0.29) is 23.3 Å². The van der Waals surface area contributed by atoms with Gasteiger partial charge in [0.25, 0.3) is 5.91 Å². The first-order valence-electron chi connectivity index (χ1n) is 8.66. The number of aromatic nitrogens is 2. The van der Waals surface area contributed by atoms with Crippen molar-refractivity contribution < 1.29 is 32.6 Å². The molecule has 10 heteroatoms. The number of hydrogen-bond acceptors (Lipinski definition) is 4. The van der Waals surface area contributed by atoms with Crippen molar-refractivity contribution in [1.29, 1.82) is 0 Å². The van der Waals surface area contributed by atoms with Crippen molar-refractivity contribution in [3.8, 4) is 5.69 Å². The molecule has 1 atom stereocenters. The molecule has 1 amide bonds. The van der Waals surface area contributed by atoms with Crippen LogP contribution in [0.5, 0.6) is 0 Å². The van der Waals surface area contributed by atoms with Gasteiger partial charge in [0.1, 0.15) is 5.56 Å². The first kappa shape index (κ1) is 19.9. The van der Waals surface area contributed by atoms with Crippen LogP contribution < -0.4 is 5.32 Å². The van der Waals surface area contributed by atoms with Crippen molar-refractivity contribution in [3.05, 3.63) is 47.3 Å². The number of aromatic carboxylic acids is 1. The number of ether oxygens (including phenoxy) is 1. The molecular formula is C18H18F3N3O4. The number of carboxylic acids is 1. The highest BCUT2D eigenvalue weighted by Gasteiger charge is 2.40. The Hall–Kier alpha value is -2.88. The van der Waals surface area contributed by atoms with Crippen LogP contribution in [0.15, 0.2) is 30.5 Å². The molecule has 1 fully saturated rings. The van der Waals surface area contributed by atoms with Gasteiger partial charge >= 0.3 is 12.1 Å². The summed E-state index contributed by atoms with van der Waals surface area (Å²) in [4.78, 5) is 23.2. The standard InChI is InChI=1S/C18H18F3N3O4/c19-18(20,21)15-14(17(26)27)10-23-24(15)12-5-3-11(4-6-12)16(25)22-8-7-13-2-1-9-28-13/h3-6,10,13H,1-2,7-9H2,(H,22,25)(H,26,27). The van der Waals surface area contributed by atoms with E-state index in [2.05, 4.69) is 10.4 Å². The fraction of sp³-hybridized carbons (Fsp3) is 0.389. The molecule has 1 aliphatic rings. The SMILES string of the molecule is O=C(NCCC1CCCO1)c1ccc(-n2ncc(C(=O)O)c2C(F)(F)F)cc1. The van der Waals surface area contributed by atoms with Crippen LogP contribution in [0.1, 0.15) is 45.7 Å². The van der Waals surface area contributed by atoms with E-state index in [1.807, 2.05) is 0 Å². The second-order valence-corrected chi connectivity index (χ2v) is 6.35. The average molecular weight is 397 g/mol. The molecule has 0 bridgehead atoms. The Balaban J connectivity index is 1.72. The van der Waals surface area contributed by atoms with Crippen LogP contribution in [0.25, 0.3) is 5.69 Å². The molecule has 0 spiro atoms. The van der Waals surface area contributed by atoms with Gasteiger partial charge in [0.15, 0.2) is 5.69 Å². The topological polar surface area (TPSA) is 93.5 Å². The smallest absolute Gasteiger partial charge is 0.434 e. The first-order valence-corrected chi connectivity index (χ1v) is 8.66. The maximum absolute atomic E-state index is 13.3. The quantitative estimate of drug-likeness (QED) is 0.782. The summed E-state index contributed by atoms with van der Waals surface area (Å²) >= 11 is 0. The maximum Gasteiger partial charge on any atom is 0.434 e. The zero-order chi connectivity index (χ0) is 20.3. The van der Waals surface area contributed by atoms with Crippen LogP contribution in [0, 0.1) is 0 Å². The van der Waals surface area contributed by atoms with Crippen LogP contribution >= 0.6 is 0 Å². The number of nitrogens with zero attached hydrogens (tertiary/aromatic N) is 2. The molecule has 150 valence electrons. The molecule has 0 saturated carbocycles. The van der Waals surface area contributed by atoms with Gasteiger partial charge in [0, 0.05) is 18.7 Å². The van der Waals surface area contributed by atoms with E-state index in [1.165, 1.54) is 24.3 Å². The number of nitrogens with one attached hydrogen (secondary N) is 1. The van der Waals surface area contributed by atoms with Crippen LogP contribution in [0.4, 0.5) is 13.2 Å². The minimum absolute atomic E-state index is 0.00395. The molecule has 28 heavy (non-hydrogen) atoms. The van der Waals surface area contributed by atoms with Crippen molar-refractivity contribution in [2.75, 3.05) is 13.2 Å². The van der Waals surface area contributed by atoms with Gasteiger partial charge in [-0.3, -0.25) is 4.79 Å². The summed E-state index contributed by atoms with van der Waals surface area (Å²) in [6.07, 6.45) is -1.43. The van der Waals surface area contributed by atoms with Crippen LogP contribution in [-0.4, -0.2) is 46.0 Å². The Labute approximate surface area is 158 Å². The number of alkyl halides is 3. The van der Waals surface area contributed by atoms with Gasteiger partial charge in [-0.1, -0.05) is 0 Å². The zero-order valence-electron chi connectivity index (χ0n) is 14.7. The molecule has 0 aliphatic carbocycles. The van der Waals surface area contributed by atoms with Gasteiger partial charge in [-0.15, -0.1) is 0 Å². The molecule has 3 rings (SSSR count). The van der Waals surface area contributed by atoms with E-state index < -0.39 is 23.4 Å². The van der Waals surface area contributed by atoms with Crippen molar-refractivity contribution in [3.63, 3.8) is 0 Å². The predicted molar refractivity (Wildman–Crippen MR) is 91.4 cm³/mol. The molecule has 2 heterocycles. The summed E-state index contributed by atoms with van der Waals surface area (Å²) in [6, 6.07) is 5.28. The number of rotatable bonds is 6. The molecule has 2 N–H and O–H groups in total. The van der Waals surface area contributed by atoms with E-state index in [4.69, 9.17) is 9.84 Å². The van der Waals surface area contributed by atoms with Crippen LogP contribution in [0.2, 0.25) is 0 Å². The highest BCUT2D eigenvalue weighted by molar-refractivity contribution is 5.94. The van der Waals surface area contributed by atoms with E-state index in [1.54, 1.807) is 0 Å². The van der Waals surface area contributed by atoms with Crippen LogP contribution in [-0.2, 0) is 10.9 Å². The van der Waals surface area contributed by atoms with Gasteiger partial charge in [-0.05, 0) is 43.5 Å². The Morgan fingerprint density at radius 3 is 2.57 bits per heavy atom. The fourth-order valence-electron chi connectivity index (χ4n) is 3.05. The molecule has 1 saturated heterocycles. The van der Waals surface area contributed by atoms with Gasteiger partial charge in [-0.25, -0.2) is 9.48 Å². The minimum Gasteiger partial charge on any atom is -0.478 e. The molecule has 7 nitrogen and oxygen atoms in total. The summed E-state index contributed by atoms with van der Waals surface area (Å²) < 4.78 is 45.8. The van der Waals surface area contributed by atoms with Crippen molar-refractivity contribution in [2.24, 2.45) is 0 Å². The van der Waals surface area contributed by atoms with Gasteiger partial charge in [-0.2, -0.15) is 18.3 Å². The lowest BCUT2D eigenvalue weighted by Gasteiger charge is -2.12. The Kier molecular flexibility index (Phi) is 5.68. The summed E-state index contributed by atoms with van der Waals surface area (Å²) in [5, 5.41) is 15.2. The van der Waals surface area contributed by atoms with Crippen LogP contribution in [0.3, 0.4) is 0 Å². The van der Waals surface area contributed by atoms with Gasteiger partial charge < -0.3 is 15.2 Å².